The van der Waals surface area contributed by atoms with Gasteiger partial charge in [0.2, 0.25) is 0 Å². The van der Waals surface area contributed by atoms with Gasteiger partial charge in [-0.05, 0) is 0 Å². The fourth-order valence-electron chi connectivity index (χ4n) is 2.69. The average Bonchev–Trinajstić information content (AvgIpc) is 2.58. The largest absolute Gasteiger partial charge is 0.479 e. The Bertz CT molecular complexity index is 524. The molecule has 0 aromatic carbocycles. The van der Waals surface area contributed by atoms with Crippen molar-refractivity contribution < 1.29 is 64.3 Å². The lowest BCUT2D eigenvalue weighted by Gasteiger charge is -2.44. The molecule has 0 saturated carbocycles. The summed E-state index contributed by atoms with van der Waals surface area (Å²) >= 11 is 0. The normalized spacial score (nSPS) is 46.7. The van der Waals surface area contributed by atoms with Crippen molar-refractivity contribution in [2.24, 2.45) is 0 Å². The summed E-state index contributed by atoms with van der Waals surface area (Å²) in [6.07, 6.45) is -18.4. The zero-order chi connectivity index (χ0) is 19.8. The van der Waals surface area contributed by atoms with E-state index in [1.54, 1.807) is 0 Å². The molecule has 0 aromatic rings. The third-order valence-electron chi connectivity index (χ3n) is 4.13. The van der Waals surface area contributed by atoms with Crippen LogP contribution in [0, 0.1) is 0 Å². The minimum Gasteiger partial charge on any atom is -0.479 e. The van der Waals surface area contributed by atoms with Crippen LogP contribution in [0.5, 0.6) is 0 Å². The number of methoxy groups -OCH3 is 1. The molecule has 2 saturated heterocycles. The zero-order valence-electron chi connectivity index (χ0n) is 13.4. The van der Waals surface area contributed by atoms with Crippen molar-refractivity contribution in [2.75, 3.05) is 7.11 Å². The lowest BCUT2D eigenvalue weighted by atomic mass is 9.97. The van der Waals surface area contributed by atoms with Gasteiger partial charge in [0.05, 0.1) is 0 Å². The second-order valence-electron chi connectivity index (χ2n) is 5.82. The van der Waals surface area contributed by atoms with Crippen LogP contribution >= 0.6 is 0 Å². The van der Waals surface area contributed by atoms with Crippen molar-refractivity contribution in [1.29, 1.82) is 0 Å². The maximum Gasteiger partial charge on any atom is 0.335 e. The topological polar surface area (TPSA) is 213 Å². The molecular weight excluding hydrogens is 364 g/mol. The Hall–Kier alpha value is -1.42. The second-order valence-corrected chi connectivity index (χ2v) is 5.82. The van der Waals surface area contributed by atoms with E-state index in [1.165, 1.54) is 0 Å². The van der Waals surface area contributed by atoms with Crippen LogP contribution in [0.3, 0.4) is 0 Å². The number of aliphatic carboxylic acids is 2. The Labute approximate surface area is 145 Å². The van der Waals surface area contributed by atoms with Crippen LogP contribution in [0.25, 0.3) is 0 Å². The molecule has 2 aliphatic heterocycles. The van der Waals surface area contributed by atoms with Crippen LogP contribution < -0.4 is 0 Å². The number of hydrogen-bond acceptors (Lipinski definition) is 11. The summed E-state index contributed by atoms with van der Waals surface area (Å²) in [5, 5.41) is 67.2. The lowest BCUT2D eigenvalue weighted by molar-refractivity contribution is -0.357. The first kappa shape index (κ1) is 20.9. The van der Waals surface area contributed by atoms with E-state index in [0.717, 1.165) is 7.11 Å². The molecule has 26 heavy (non-hydrogen) atoms. The van der Waals surface area contributed by atoms with Gasteiger partial charge >= 0.3 is 11.9 Å². The standard InChI is InChI=1S/C13H20O13/c1-23-13-9(5(17)4(16)8(25-13)11(21)22)26-12-6(18)2(14)3(15)7(24-12)10(19)20/h2-9,12-18H,1H3,(H,19,20)(H,21,22)/t2-,3+,4+,5-,6-,7-,8-,9+,12-,13+/m1/s1. The van der Waals surface area contributed by atoms with E-state index in [2.05, 4.69) is 0 Å². The number of hydrogen-bond donors (Lipinski definition) is 7. The van der Waals surface area contributed by atoms with Gasteiger partial charge in [-0.2, -0.15) is 0 Å². The van der Waals surface area contributed by atoms with Crippen LogP contribution in [-0.2, 0) is 28.5 Å². The second kappa shape index (κ2) is 8.08. The first-order valence-electron chi connectivity index (χ1n) is 7.45. The number of carboxylic acids is 2. The highest BCUT2D eigenvalue weighted by atomic mass is 16.8. The van der Waals surface area contributed by atoms with E-state index in [1.807, 2.05) is 0 Å². The Balaban J connectivity index is 2.19. The van der Waals surface area contributed by atoms with Crippen molar-refractivity contribution in [3.8, 4) is 0 Å². The third kappa shape index (κ3) is 3.80. The van der Waals surface area contributed by atoms with Gasteiger partial charge < -0.3 is 54.7 Å². The quantitative estimate of drug-likeness (QED) is 0.238. The molecule has 150 valence electrons. The Morgan fingerprint density at radius 2 is 1.19 bits per heavy atom. The first-order valence-corrected chi connectivity index (χ1v) is 7.45. The minimum atomic E-state index is -1.95. The van der Waals surface area contributed by atoms with Crippen LogP contribution in [0.4, 0.5) is 0 Å². The summed E-state index contributed by atoms with van der Waals surface area (Å²) < 4.78 is 19.9. The number of ether oxygens (including phenoxy) is 4. The molecule has 13 nitrogen and oxygen atoms in total. The zero-order valence-corrected chi connectivity index (χ0v) is 13.4. The van der Waals surface area contributed by atoms with E-state index in [-0.39, 0.29) is 0 Å². The van der Waals surface area contributed by atoms with Gasteiger partial charge in [-0.15, -0.1) is 0 Å². The van der Waals surface area contributed by atoms with Crippen LogP contribution in [0.15, 0.2) is 0 Å². The summed E-state index contributed by atoms with van der Waals surface area (Å²) in [4.78, 5) is 22.1. The van der Waals surface area contributed by atoms with Gasteiger partial charge in [0.15, 0.2) is 24.8 Å². The fraction of sp³-hybridized carbons (Fsp3) is 0.846. The van der Waals surface area contributed by atoms with E-state index in [9.17, 15) is 35.1 Å². The molecule has 7 N–H and O–H groups in total. The average molecular weight is 384 g/mol. The Morgan fingerprint density at radius 1 is 0.731 bits per heavy atom. The summed E-state index contributed by atoms with van der Waals surface area (Å²) in [6, 6.07) is 0. The van der Waals surface area contributed by atoms with Crippen molar-refractivity contribution in [1.82, 2.24) is 0 Å². The summed E-state index contributed by atoms with van der Waals surface area (Å²) in [5.41, 5.74) is 0. The van der Waals surface area contributed by atoms with E-state index in [0.29, 0.717) is 0 Å². The first-order chi connectivity index (χ1) is 12.1. The molecule has 0 amide bonds. The molecule has 0 spiro atoms. The smallest absolute Gasteiger partial charge is 0.335 e. The molecule has 0 bridgehead atoms. The molecule has 13 heteroatoms. The SMILES string of the molecule is CO[C@H]1O[C@@H](C(=O)O)[C@@H](O)[C@@H](O)[C@@H]1O[C@H]1O[C@@H](C(=O)O)[C@@H](O)[C@@H](O)[C@H]1O. The van der Waals surface area contributed by atoms with Gasteiger partial charge in [-0.25, -0.2) is 9.59 Å². The highest BCUT2D eigenvalue weighted by Crippen LogP contribution is 2.29. The van der Waals surface area contributed by atoms with Gasteiger partial charge in [-0.1, -0.05) is 0 Å². The summed E-state index contributed by atoms with van der Waals surface area (Å²) in [5.74, 6) is -3.22. The van der Waals surface area contributed by atoms with Gasteiger partial charge in [0.25, 0.3) is 0 Å². The third-order valence-corrected chi connectivity index (χ3v) is 4.13. The van der Waals surface area contributed by atoms with E-state index >= 15 is 0 Å². The van der Waals surface area contributed by atoms with Crippen LogP contribution in [-0.4, -0.2) is 116 Å². The van der Waals surface area contributed by atoms with Crippen LogP contribution in [0.1, 0.15) is 0 Å². The van der Waals surface area contributed by atoms with Crippen molar-refractivity contribution in [2.45, 2.75) is 61.4 Å². The van der Waals surface area contributed by atoms with E-state index in [4.69, 9.17) is 29.2 Å². The molecule has 0 aromatic heterocycles. The maximum absolute atomic E-state index is 11.1. The van der Waals surface area contributed by atoms with Gasteiger partial charge in [0.1, 0.15) is 36.6 Å². The molecule has 2 fully saturated rings. The van der Waals surface area contributed by atoms with Crippen molar-refractivity contribution in [3.05, 3.63) is 0 Å². The molecule has 0 radical (unpaired) electrons. The van der Waals surface area contributed by atoms with Crippen molar-refractivity contribution >= 4 is 11.9 Å². The highest BCUT2D eigenvalue weighted by molar-refractivity contribution is 5.73. The molecule has 2 heterocycles. The molecule has 2 rings (SSSR count). The molecular formula is C13H20O13. The molecule has 10 atom stereocenters. The maximum atomic E-state index is 11.1. The van der Waals surface area contributed by atoms with E-state index < -0.39 is 73.4 Å². The lowest BCUT2D eigenvalue weighted by Crippen LogP contribution is -2.65. The molecule has 0 aliphatic carbocycles. The molecule has 0 unspecified atom stereocenters. The number of aliphatic hydroxyl groups excluding tert-OH is 5. The highest BCUT2D eigenvalue weighted by Gasteiger charge is 2.53. The predicted octanol–water partition coefficient (Wildman–Crippen LogP) is -4.56. The molecule has 2 aliphatic rings. The van der Waals surface area contributed by atoms with Crippen molar-refractivity contribution in [3.63, 3.8) is 0 Å². The van der Waals surface area contributed by atoms with Crippen LogP contribution in [0.2, 0.25) is 0 Å². The number of aliphatic hydroxyl groups is 5. The summed E-state index contributed by atoms with van der Waals surface area (Å²) in [6.45, 7) is 0. The summed E-state index contributed by atoms with van der Waals surface area (Å²) in [7, 11) is 1.08. The predicted molar refractivity (Wildman–Crippen MR) is 74.5 cm³/mol. The van der Waals surface area contributed by atoms with Gasteiger partial charge in [-0.3, -0.25) is 0 Å². The number of carboxylic acid groups (broad SMARTS) is 2. The van der Waals surface area contributed by atoms with Gasteiger partial charge in [0, 0.05) is 7.11 Å². The fourth-order valence-corrected chi connectivity index (χ4v) is 2.69. The number of carbonyl (C=O) groups is 2. The monoisotopic (exact) mass is 384 g/mol. The Morgan fingerprint density at radius 3 is 1.65 bits per heavy atom. The number of rotatable bonds is 5. The minimum absolute atomic E-state index is 1.08. The Kier molecular flexibility index (Phi) is 6.49.